The molecule has 0 aromatic heterocycles. The summed E-state index contributed by atoms with van der Waals surface area (Å²) in [6.07, 6.45) is 4.23. The van der Waals surface area contributed by atoms with Crippen LogP contribution in [-0.2, 0) is 4.74 Å². The molecule has 0 aromatic carbocycles. The lowest BCUT2D eigenvalue weighted by molar-refractivity contribution is 0.0818. The standard InChI is InChI=1S/C10H16ClNO/c1-7(11)6-12-9-4-5-13-10(9)8-2-3-8/h8-10,12H,1-6H2. The second-order valence-electron chi connectivity index (χ2n) is 3.97. The van der Waals surface area contributed by atoms with E-state index in [0.29, 0.717) is 23.7 Å². The van der Waals surface area contributed by atoms with Crippen molar-refractivity contribution in [2.75, 3.05) is 13.2 Å². The zero-order valence-electron chi connectivity index (χ0n) is 7.76. The van der Waals surface area contributed by atoms with E-state index in [2.05, 4.69) is 11.9 Å². The molecule has 0 radical (unpaired) electrons. The van der Waals surface area contributed by atoms with Gasteiger partial charge in [-0.3, -0.25) is 0 Å². The summed E-state index contributed by atoms with van der Waals surface area (Å²) in [5.74, 6) is 0.809. The number of nitrogens with one attached hydrogen (secondary N) is 1. The van der Waals surface area contributed by atoms with Crippen molar-refractivity contribution in [3.63, 3.8) is 0 Å². The van der Waals surface area contributed by atoms with Crippen LogP contribution >= 0.6 is 11.6 Å². The maximum absolute atomic E-state index is 5.70. The van der Waals surface area contributed by atoms with Gasteiger partial charge in [-0.1, -0.05) is 18.2 Å². The molecule has 2 atom stereocenters. The largest absolute Gasteiger partial charge is 0.376 e. The normalized spacial score (nSPS) is 33.6. The van der Waals surface area contributed by atoms with Crippen LogP contribution in [0.5, 0.6) is 0 Å². The lowest BCUT2D eigenvalue weighted by Crippen LogP contribution is -2.38. The molecule has 0 spiro atoms. The smallest absolute Gasteiger partial charge is 0.0757 e. The van der Waals surface area contributed by atoms with Crippen molar-refractivity contribution in [2.45, 2.75) is 31.4 Å². The molecule has 2 nitrogen and oxygen atoms in total. The van der Waals surface area contributed by atoms with Crippen LogP contribution in [0.3, 0.4) is 0 Å². The van der Waals surface area contributed by atoms with Gasteiger partial charge in [-0.25, -0.2) is 0 Å². The Hall–Kier alpha value is -0.0500. The van der Waals surface area contributed by atoms with Crippen LogP contribution in [0, 0.1) is 5.92 Å². The number of halogens is 1. The molecule has 74 valence electrons. The predicted molar refractivity (Wildman–Crippen MR) is 53.9 cm³/mol. The van der Waals surface area contributed by atoms with Crippen LogP contribution in [0.25, 0.3) is 0 Å². The third kappa shape index (κ3) is 2.46. The van der Waals surface area contributed by atoms with Crippen LogP contribution in [-0.4, -0.2) is 25.3 Å². The summed E-state index contributed by atoms with van der Waals surface area (Å²) in [6.45, 7) is 5.27. The van der Waals surface area contributed by atoms with Crippen molar-refractivity contribution in [1.82, 2.24) is 5.32 Å². The lowest BCUT2D eigenvalue weighted by Gasteiger charge is -2.18. The first kappa shape index (κ1) is 9.50. The first-order valence-electron chi connectivity index (χ1n) is 4.95. The van der Waals surface area contributed by atoms with Crippen LogP contribution in [0.4, 0.5) is 0 Å². The molecule has 1 saturated heterocycles. The molecule has 1 aliphatic heterocycles. The average Bonchev–Trinajstić information content (AvgIpc) is 2.82. The molecule has 2 fully saturated rings. The summed E-state index contributed by atoms with van der Waals surface area (Å²) in [5.41, 5.74) is 0. The third-order valence-corrected chi connectivity index (χ3v) is 2.91. The van der Waals surface area contributed by atoms with Crippen LogP contribution < -0.4 is 5.32 Å². The zero-order chi connectivity index (χ0) is 9.26. The summed E-state index contributed by atoms with van der Waals surface area (Å²) >= 11 is 5.70. The maximum Gasteiger partial charge on any atom is 0.0757 e. The molecule has 0 amide bonds. The van der Waals surface area contributed by atoms with Crippen molar-refractivity contribution in [1.29, 1.82) is 0 Å². The first-order valence-corrected chi connectivity index (χ1v) is 5.33. The minimum absolute atomic E-state index is 0.441. The molecule has 1 saturated carbocycles. The van der Waals surface area contributed by atoms with E-state index in [1.165, 1.54) is 12.8 Å². The molecule has 0 aromatic rings. The van der Waals surface area contributed by atoms with Crippen molar-refractivity contribution in [2.24, 2.45) is 5.92 Å². The van der Waals surface area contributed by atoms with Crippen LogP contribution in [0.1, 0.15) is 19.3 Å². The molecule has 1 N–H and O–H groups in total. The molecule has 0 bridgehead atoms. The van der Waals surface area contributed by atoms with Gasteiger partial charge in [0.1, 0.15) is 0 Å². The molecule has 1 heterocycles. The highest BCUT2D eigenvalue weighted by Crippen LogP contribution is 2.38. The Morgan fingerprint density at radius 3 is 2.85 bits per heavy atom. The maximum atomic E-state index is 5.70. The summed E-state index contributed by atoms with van der Waals surface area (Å²) in [7, 11) is 0. The van der Waals surface area contributed by atoms with Crippen LogP contribution in [0.2, 0.25) is 0 Å². The molecule has 3 heteroatoms. The van der Waals surface area contributed by atoms with E-state index in [0.717, 1.165) is 18.9 Å². The van der Waals surface area contributed by atoms with Gasteiger partial charge in [0.05, 0.1) is 6.10 Å². The molecular weight excluding hydrogens is 186 g/mol. The Morgan fingerprint density at radius 1 is 1.46 bits per heavy atom. The molecule has 2 rings (SSSR count). The van der Waals surface area contributed by atoms with E-state index in [1.54, 1.807) is 0 Å². The summed E-state index contributed by atoms with van der Waals surface area (Å²) < 4.78 is 5.69. The van der Waals surface area contributed by atoms with Gasteiger partial charge in [0, 0.05) is 24.2 Å². The predicted octanol–water partition coefficient (Wildman–Crippen LogP) is 1.90. The van der Waals surface area contributed by atoms with Crippen molar-refractivity contribution >= 4 is 11.6 Å². The van der Waals surface area contributed by atoms with E-state index < -0.39 is 0 Å². The van der Waals surface area contributed by atoms with Crippen LogP contribution in [0.15, 0.2) is 11.6 Å². The Labute approximate surface area is 84.3 Å². The highest BCUT2D eigenvalue weighted by atomic mass is 35.5. The van der Waals surface area contributed by atoms with Gasteiger partial charge in [-0.2, -0.15) is 0 Å². The average molecular weight is 202 g/mol. The van der Waals surface area contributed by atoms with Crippen molar-refractivity contribution in [3.05, 3.63) is 11.6 Å². The number of hydrogen-bond acceptors (Lipinski definition) is 2. The molecule has 1 aliphatic carbocycles. The summed E-state index contributed by atoms with van der Waals surface area (Å²) in [4.78, 5) is 0. The fourth-order valence-electron chi connectivity index (χ4n) is 1.96. The fourth-order valence-corrected chi connectivity index (χ4v) is 2.04. The Balaban J connectivity index is 1.79. The highest BCUT2D eigenvalue weighted by molar-refractivity contribution is 6.29. The van der Waals surface area contributed by atoms with E-state index in [-0.39, 0.29) is 0 Å². The second-order valence-corrected chi connectivity index (χ2v) is 4.50. The molecule has 2 unspecified atom stereocenters. The molecule has 2 aliphatic rings. The summed E-state index contributed by atoms with van der Waals surface area (Å²) in [6, 6.07) is 0.503. The van der Waals surface area contributed by atoms with Gasteiger partial charge < -0.3 is 10.1 Å². The number of ether oxygens (including phenoxy) is 1. The first-order chi connectivity index (χ1) is 6.27. The minimum Gasteiger partial charge on any atom is -0.376 e. The number of rotatable bonds is 4. The highest BCUT2D eigenvalue weighted by Gasteiger charge is 2.40. The monoisotopic (exact) mass is 201 g/mol. The van der Waals surface area contributed by atoms with E-state index >= 15 is 0 Å². The van der Waals surface area contributed by atoms with E-state index in [9.17, 15) is 0 Å². The second kappa shape index (κ2) is 3.99. The van der Waals surface area contributed by atoms with Gasteiger partial charge >= 0.3 is 0 Å². The SMILES string of the molecule is C=C(Cl)CNC1CCOC1C1CC1. The minimum atomic E-state index is 0.441. The number of hydrogen-bond donors (Lipinski definition) is 1. The molecular formula is C10H16ClNO. The van der Waals surface area contributed by atoms with Gasteiger partial charge in [0.15, 0.2) is 0 Å². The van der Waals surface area contributed by atoms with Gasteiger partial charge in [0.25, 0.3) is 0 Å². The van der Waals surface area contributed by atoms with Crippen molar-refractivity contribution < 1.29 is 4.74 Å². The van der Waals surface area contributed by atoms with Gasteiger partial charge in [-0.05, 0) is 25.2 Å². The zero-order valence-corrected chi connectivity index (χ0v) is 8.52. The fraction of sp³-hybridized carbons (Fsp3) is 0.800. The summed E-state index contributed by atoms with van der Waals surface area (Å²) in [5, 5.41) is 4.08. The van der Waals surface area contributed by atoms with E-state index in [4.69, 9.17) is 16.3 Å². The Kier molecular flexibility index (Phi) is 2.92. The quantitative estimate of drug-likeness (QED) is 0.750. The Bertz CT molecular complexity index is 203. The lowest BCUT2D eigenvalue weighted by atomic mass is 10.1. The third-order valence-electron chi connectivity index (χ3n) is 2.78. The van der Waals surface area contributed by atoms with E-state index in [1.807, 2.05) is 0 Å². The Morgan fingerprint density at radius 2 is 2.23 bits per heavy atom. The van der Waals surface area contributed by atoms with Gasteiger partial charge in [0.2, 0.25) is 0 Å². The van der Waals surface area contributed by atoms with Crippen molar-refractivity contribution in [3.8, 4) is 0 Å². The topological polar surface area (TPSA) is 21.3 Å². The van der Waals surface area contributed by atoms with Gasteiger partial charge in [-0.15, -0.1) is 0 Å². The molecule has 13 heavy (non-hydrogen) atoms.